The first-order valence-corrected chi connectivity index (χ1v) is 18.7. The molecule has 1 aliphatic rings. The Balaban J connectivity index is 2.26. The van der Waals surface area contributed by atoms with Gasteiger partial charge in [-0.1, -0.05) is 140 Å². The smallest absolute Gasteiger partial charge is 0.272 e. The summed E-state index contributed by atoms with van der Waals surface area (Å²) in [4.78, 5) is 15.5. The van der Waals surface area contributed by atoms with Gasteiger partial charge in [-0.05, 0) is 69.7 Å². The van der Waals surface area contributed by atoms with E-state index < -0.39 is 7.94 Å². The predicted octanol–water partition coefficient (Wildman–Crippen LogP) is 11.8. The molecule has 1 heterocycles. The van der Waals surface area contributed by atoms with Gasteiger partial charge in [0, 0.05) is 22.3 Å². The highest BCUT2D eigenvalue weighted by atomic mass is 32.2. The molecule has 5 heteroatoms. The van der Waals surface area contributed by atoms with Gasteiger partial charge in [0.25, 0.3) is 0 Å². The van der Waals surface area contributed by atoms with E-state index in [0.29, 0.717) is 0 Å². The second-order valence-corrected chi connectivity index (χ2v) is 21.2. The Morgan fingerprint density at radius 1 is 0.489 bits per heavy atom. The largest absolute Gasteiger partial charge is 0.533 e. The van der Waals surface area contributed by atoms with Gasteiger partial charge in [0.1, 0.15) is 0 Å². The van der Waals surface area contributed by atoms with Crippen LogP contribution in [0.15, 0.2) is 46.2 Å². The van der Waals surface area contributed by atoms with Crippen LogP contribution in [0.5, 0.6) is 11.5 Å². The molecule has 0 saturated heterocycles. The summed E-state index contributed by atoms with van der Waals surface area (Å²) in [5.74, 6) is 1.44. The Labute approximate surface area is 279 Å². The van der Waals surface area contributed by atoms with Crippen LogP contribution in [0.25, 0.3) is 0 Å². The Bertz CT molecular complexity index is 1510. The number of rotatable bonds is 1. The van der Waals surface area contributed by atoms with E-state index in [2.05, 4.69) is 154 Å². The minimum Gasteiger partial charge on any atom is -0.272 e. The van der Waals surface area contributed by atoms with Crippen molar-refractivity contribution in [2.24, 2.45) is 0 Å². The molecule has 246 valence electrons. The molecule has 0 aliphatic carbocycles. The van der Waals surface area contributed by atoms with E-state index in [1.165, 1.54) is 16.7 Å². The summed E-state index contributed by atoms with van der Waals surface area (Å²) in [6, 6.07) is 13.4. The maximum Gasteiger partial charge on any atom is 0.533 e. The topological polar surface area (TPSA) is 38.7 Å². The zero-order valence-corrected chi connectivity index (χ0v) is 32.8. The third-order valence-electron chi connectivity index (χ3n) is 8.54. The molecule has 0 unspecified atom stereocenters. The van der Waals surface area contributed by atoms with Gasteiger partial charge >= 0.3 is 7.94 Å². The van der Waals surface area contributed by atoms with E-state index in [0.717, 1.165) is 48.8 Å². The number of benzene rings is 3. The third-order valence-corrected chi connectivity index (χ3v) is 11.5. The number of hydrogen-bond donors (Lipinski definition) is 1. The first-order valence-electron chi connectivity index (χ1n) is 16.3. The molecule has 0 radical (unpaired) electrons. The monoisotopic (exact) mass is 649 g/mol. The van der Waals surface area contributed by atoms with E-state index in [1.54, 1.807) is 11.8 Å². The molecule has 45 heavy (non-hydrogen) atoms. The summed E-state index contributed by atoms with van der Waals surface area (Å²) in [5.41, 5.74) is 6.77. The van der Waals surface area contributed by atoms with Crippen LogP contribution in [0.3, 0.4) is 0 Å². The second-order valence-electron chi connectivity index (χ2n) is 18.3. The fourth-order valence-corrected chi connectivity index (χ4v) is 9.78. The molecule has 0 spiro atoms. The normalized spacial score (nSPS) is 15.8. The fraction of sp³-hybridized carbons (Fsp3) is 0.550. The minimum atomic E-state index is -3.83. The molecule has 0 fully saturated rings. The quantitative estimate of drug-likeness (QED) is 0.266. The molecule has 0 amide bonds. The molecule has 1 aliphatic heterocycles. The van der Waals surface area contributed by atoms with Crippen molar-refractivity contribution in [3.05, 3.63) is 75.3 Å². The van der Waals surface area contributed by atoms with Crippen LogP contribution in [-0.2, 0) is 27.1 Å². The van der Waals surface area contributed by atoms with Crippen LogP contribution in [-0.4, -0.2) is 4.89 Å². The standard InChI is InChI=1S/C40H58O3PS/c1-24-18-27(37(6,7)8)33-31(20-24)45-32-21-25(2)19-28(38(9,10)11)34(32)43-44(41,42-33)35-29(39(12,13)14)22-26(36(3,4)5)23-30(35)40(15,16)17/h18-23,41H,1-17H3/q+1. The predicted molar refractivity (Wildman–Crippen MR) is 196 cm³/mol. The van der Waals surface area contributed by atoms with Crippen LogP contribution in [0.2, 0.25) is 0 Å². The van der Waals surface area contributed by atoms with E-state index in [9.17, 15) is 4.89 Å². The highest BCUT2D eigenvalue weighted by molar-refractivity contribution is 7.99. The third kappa shape index (κ3) is 7.29. The van der Waals surface area contributed by atoms with Crippen molar-refractivity contribution in [3.63, 3.8) is 0 Å². The molecule has 3 nitrogen and oxygen atoms in total. The highest BCUT2D eigenvalue weighted by Crippen LogP contribution is 2.65. The lowest BCUT2D eigenvalue weighted by molar-refractivity contribution is 0.342. The molecule has 0 aromatic heterocycles. The summed E-state index contributed by atoms with van der Waals surface area (Å²) in [6.45, 7) is 37.7. The number of aryl methyl sites for hydroxylation is 2. The molecule has 3 aromatic rings. The van der Waals surface area contributed by atoms with Crippen molar-refractivity contribution in [1.29, 1.82) is 0 Å². The lowest BCUT2D eigenvalue weighted by Gasteiger charge is -2.36. The number of fused-ring (bicyclic) bond motifs is 2. The van der Waals surface area contributed by atoms with Crippen LogP contribution in [0.1, 0.15) is 143 Å². The Morgan fingerprint density at radius 2 is 0.822 bits per heavy atom. The fourth-order valence-electron chi connectivity index (χ4n) is 5.93. The summed E-state index contributed by atoms with van der Waals surface area (Å²) < 4.78 is 14.4. The van der Waals surface area contributed by atoms with E-state index in [-0.39, 0.29) is 27.1 Å². The first kappa shape index (κ1) is 35.8. The van der Waals surface area contributed by atoms with Crippen molar-refractivity contribution >= 4 is 25.0 Å². The Kier molecular flexibility index (Phi) is 9.01. The van der Waals surface area contributed by atoms with Crippen molar-refractivity contribution in [2.75, 3.05) is 0 Å². The summed E-state index contributed by atoms with van der Waals surface area (Å²) >= 11 is 1.68. The Morgan fingerprint density at radius 3 is 1.11 bits per heavy atom. The Hall–Kier alpha value is -2.00. The van der Waals surface area contributed by atoms with Gasteiger partial charge in [-0.25, -0.2) is 0 Å². The van der Waals surface area contributed by atoms with E-state index in [1.807, 2.05) is 0 Å². The molecule has 0 bridgehead atoms. The van der Waals surface area contributed by atoms with Crippen LogP contribution < -0.4 is 14.4 Å². The molecule has 0 atom stereocenters. The zero-order valence-electron chi connectivity index (χ0n) is 31.1. The van der Waals surface area contributed by atoms with Gasteiger partial charge in [-0.3, -0.25) is 9.05 Å². The first-order chi connectivity index (χ1) is 20.1. The van der Waals surface area contributed by atoms with Crippen molar-refractivity contribution < 1.29 is 13.9 Å². The van der Waals surface area contributed by atoms with Crippen molar-refractivity contribution in [1.82, 2.24) is 0 Å². The van der Waals surface area contributed by atoms with Crippen LogP contribution in [0, 0.1) is 13.8 Å². The van der Waals surface area contributed by atoms with Crippen LogP contribution >= 0.6 is 19.7 Å². The second kappa shape index (κ2) is 11.3. The van der Waals surface area contributed by atoms with E-state index in [4.69, 9.17) is 9.05 Å². The lowest BCUT2D eigenvalue weighted by atomic mass is 9.75. The van der Waals surface area contributed by atoms with Crippen molar-refractivity contribution in [3.8, 4) is 11.5 Å². The van der Waals surface area contributed by atoms with E-state index >= 15 is 0 Å². The van der Waals surface area contributed by atoms with Gasteiger partial charge < -0.3 is 0 Å². The SMILES string of the molecule is Cc1cc2c(c(C(C)(C)C)c1)O[P+](O)(c1c(C(C)(C)C)cc(C(C)(C)C)cc1C(C)(C)C)Oc1c(cc(C)cc1C(C)(C)C)S2. The molecule has 3 aromatic carbocycles. The maximum atomic E-state index is 13.5. The van der Waals surface area contributed by atoms with Crippen LogP contribution in [0.4, 0.5) is 0 Å². The minimum absolute atomic E-state index is 0.0774. The lowest BCUT2D eigenvalue weighted by Crippen LogP contribution is -2.38. The zero-order chi connectivity index (χ0) is 34.3. The molecule has 4 rings (SSSR count). The average molecular weight is 650 g/mol. The number of hydrogen-bond acceptors (Lipinski definition) is 4. The highest BCUT2D eigenvalue weighted by Gasteiger charge is 2.57. The molecule has 1 N–H and O–H groups in total. The van der Waals surface area contributed by atoms with Gasteiger partial charge in [0.05, 0.1) is 9.79 Å². The molecule has 0 saturated carbocycles. The van der Waals surface area contributed by atoms with Gasteiger partial charge in [-0.2, -0.15) is 4.89 Å². The molecular weight excluding hydrogens is 591 g/mol. The summed E-state index contributed by atoms with van der Waals surface area (Å²) in [7, 11) is -3.83. The summed E-state index contributed by atoms with van der Waals surface area (Å²) in [6.07, 6.45) is 0. The average Bonchev–Trinajstić information content (AvgIpc) is 2.82. The van der Waals surface area contributed by atoms with Gasteiger partial charge in [0.15, 0.2) is 0 Å². The molecular formula is C40H58O3PS+. The summed E-state index contributed by atoms with van der Waals surface area (Å²) in [5, 5.41) is 0.806. The van der Waals surface area contributed by atoms with Gasteiger partial charge in [0.2, 0.25) is 16.8 Å². The van der Waals surface area contributed by atoms with Crippen molar-refractivity contribution in [2.45, 2.75) is 155 Å². The maximum absolute atomic E-state index is 13.5. The van der Waals surface area contributed by atoms with Gasteiger partial charge in [-0.15, -0.1) is 0 Å².